The van der Waals surface area contributed by atoms with Gasteiger partial charge in [0.15, 0.2) is 0 Å². The second-order valence-corrected chi connectivity index (χ2v) is 7.82. The van der Waals surface area contributed by atoms with Crippen molar-refractivity contribution in [2.24, 2.45) is 10.5 Å². The van der Waals surface area contributed by atoms with Gasteiger partial charge in [-0.25, -0.2) is 5.01 Å². The molecule has 3 rings (SSSR count). The highest BCUT2D eigenvalue weighted by molar-refractivity contribution is 5.98. The second-order valence-electron chi connectivity index (χ2n) is 7.82. The largest absolute Gasteiger partial charge is 0.272 e. The van der Waals surface area contributed by atoms with Crippen molar-refractivity contribution in [2.75, 3.05) is 5.01 Å². The summed E-state index contributed by atoms with van der Waals surface area (Å²) in [5.41, 5.74) is 3.33. The van der Waals surface area contributed by atoms with Gasteiger partial charge in [-0.05, 0) is 23.3 Å². The van der Waals surface area contributed by atoms with E-state index in [4.69, 9.17) is 0 Å². The molecule has 0 saturated heterocycles. The Morgan fingerprint density at radius 1 is 0.759 bits per heavy atom. The first-order valence-electron chi connectivity index (χ1n) is 9.71. The molecule has 0 bridgehead atoms. The van der Waals surface area contributed by atoms with Gasteiger partial charge in [0.25, 0.3) is 5.91 Å². The molecular formula is C26H26N2O. The molecule has 3 heteroatoms. The SMILES string of the molecule is CC(C)(C)C(=O)N(/N=C/c1ccccc1/C=C\c1ccccc1)c1ccccc1. The summed E-state index contributed by atoms with van der Waals surface area (Å²) < 4.78 is 0. The Morgan fingerprint density at radius 2 is 1.31 bits per heavy atom. The van der Waals surface area contributed by atoms with Crippen LogP contribution in [-0.4, -0.2) is 12.1 Å². The van der Waals surface area contributed by atoms with Crippen molar-refractivity contribution in [3.05, 3.63) is 102 Å². The Morgan fingerprint density at radius 3 is 1.93 bits per heavy atom. The smallest absolute Gasteiger partial charge is 0.252 e. The maximum absolute atomic E-state index is 13.0. The highest BCUT2D eigenvalue weighted by atomic mass is 16.2. The molecule has 0 radical (unpaired) electrons. The summed E-state index contributed by atoms with van der Waals surface area (Å²) in [6.45, 7) is 5.70. The zero-order valence-electron chi connectivity index (χ0n) is 17.1. The molecule has 0 unspecified atom stereocenters. The zero-order chi connectivity index (χ0) is 20.7. The summed E-state index contributed by atoms with van der Waals surface area (Å²) in [7, 11) is 0. The van der Waals surface area contributed by atoms with Crippen LogP contribution >= 0.6 is 0 Å². The highest BCUT2D eigenvalue weighted by Gasteiger charge is 2.28. The molecule has 0 spiro atoms. The lowest BCUT2D eigenvalue weighted by molar-refractivity contribution is -0.125. The number of nitrogens with zero attached hydrogens (tertiary/aromatic N) is 2. The summed E-state index contributed by atoms with van der Waals surface area (Å²) in [4.78, 5) is 13.0. The molecule has 146 valence electrons. The van der Waals surface area contributed by atoms with Crippen molar-refractivity contribution in [1.29, 1.82) is 0 Å². The second kappa shape index (κ2) is 9.16. The summed E-state index contributed by atoms with van der Waals surface area (Å²) >= 11 is 0. The van der Waals surface area contributed by atoms with Crippen LogP contribution in [0, 0.1) is 5.41 Å². The molecule has 3 aromatic rings. The Hall–Kier alpha value is -3.46. The molecule has 0 aliphatic carbocycles. The van der Waals surface area contributed by atoms with E-state index in [9.17, 15) is 4.79 Å². The summed E-state index contributed by atoms with van der Waals surface area (Å²) in [5.74, 6) is -0.0581. The van der Waals surface area contributed by atoms with Gasteiger partial charge in [-0.15, -0.1) is 0 Å². The predicted molar refractivity (Wildman–Crippen MR) is 123 cm³/mol. The lowest BCUT2D eigenvalue weighted by Crippen LogP contribution is -2.36. The first-order valence-corrected chi connectivity index (χ1v) is 9.71. The Labute approximate surface area is 173 Å². The van der Waals surface area contributed by atoms with Gasteiger partial charge >= 0.3 is 0 Å². The third-order valence-electron chi connectivity index (χ3n) is 4.40. The molecule has 3 nitrogen and oxygen atoms in total. The summed E-state index contributed by atoms with van der Waals surface area (Å²) in [6.07, 6.45) is 5.89. The van der Waals surface area contributed by atoms with Crippen LogP contribution in [0.1, 0.15) is 37.5 Å². The van der Waals surface area contributed by atoms with E-state index in [2.05, 4.69) is 29.4 Å². The van der Waals surface area contributed by atoms with Crippen LogP contribution in [0.3, 0.4) is 0 Å². The van der Waals surface area contributed by atoms with Crippen LogP contribution in [-0.2, 0) is 4.79 Å². The van der Waals surface area contributed by atoms with E-state index in [1.165, 1.54) is 5.01 Å². The Kier molecular flexibility index (Phi) is 6.40. The van der Waals surface area contributed by atoms with Crippen LogP contribution in [0.25, 0.3) is 12.2 Å². The highest BCUT2D eigenvalue weighted by Crippen LogP contribution is 2.24. The fourth-order valence-electron chi connectivity index (χ4n) is 2.77. The van der Waals surface area contributed by atoms with Gasteiger partial charge in [0.1, 0.15) is 0 Å². The normalized spacial score (nSPS) is 11.8. The van der Waals surface area contributed by atoms with Crippen molar-refractivity contribution in [2.45, 2.75) is 20.8 Å². The lowest BCUT2D eigenvalue weighted by atomic mass is 9.95. The molecule has 0 aliphatic rings. The van der Waals surface area contributed by atoms with Gasteiger partial charge < -0.3 is 0 Å². The van der Waals surface area contributed by atoms with E-state index in [0.717, 1.165) is 22.4 Å². The number of hydrogen-bond donors (Lipinski definition) is 0. The van der Waals surface area contributed by atoms with Crippen molar-refractivity contribution in [3.8, 4) is 0 Å². The minimum atomic E-state index is -0.542. The molecule has 0 fully saturated rings. The first-order chi connectivity index (χ1) is 13.9. The fraction of sp³-hybridized carbons (Fsp3) is 0.154. The third kappa shape index (κ3) is 5.52. The van der Waals surface area contributed by atoms with Gasteiger partial charge in [-0.3, -0.25) is 4.79 Å². The minimum Gasteiger partial charge on any atom is -0.272 e. The van der Waals surface area contributed by atoms with E-state index >= 15 is 0 Å². The number of benzene rings is 3. The number of hydrogen-bond acceptors (Lipinski definition) is 2. The number of para-hydroxylation sites is 1. The van der Waals surface area contributed by atoms with Crippen LogP contribution in [0.5, 0.6) is 0 Å². The quantitative estimate of drug-likeness (QED) is 0.291. The fourth-order valence-corrected chi connectivity index (χ4v) is 2.77. The van der Waals surface area contributed by atoms with Gasteiger partial charge in [0, 0.05) is 11.0 Å². The molecule has 3 aromatic carbocycles. The summed E-state index contributed by atoms with van der Waals surface area (Å²) in [6, 6.07) is 27.7. The number of anilines is 1. The van der Waals surface area contributed by atoms with E-state index < -0.39 is 5.41 Å². The van der Waals surface area contributed by atoms with Crippen molar-refractivity contribution >= 4 is 30.0 Å². The molecule has 1 amide bonds. The molecule has 0 aliphatic heterocycles. The molecule has 0 aromatic heterocycles. The molecule has 0 atom stereocenters. The monoisotopic (exact) mass is 382 g/mol. The van der Waals surface area contributed by atoms with Crippen molar-refractivity contribution in [1.82, 2.24) is 0 Å². The van der Waals surface area contributed by atoms with E-state index in [0.29, 0.717) is 0 Å². The molecule has 0 heterocycles. The van der Waals surface area contributed by atoms with E-state index in [-0.39, 0.29) is 5.91 Å². The molecule has 0 saturated carbocycles. The van der Waals surface area contributed by atoms with Gasteiger partial charge in [0.05, 0.1) is 11.9 Å². The number of carbonyl (C=O) groups excluding carboxylic acids is 1. The average Bonchev–Trinajstić information content (AvgIpc) is 2.74. The van der Waals surface area contributed by atoms with Gasteiger partial charge in [0.2, 0.25) is 0 Å². The topological polar surface area (TPSA) is 32.7 Å². The zero-order valence-corrected chi connectivity index (χ0v) is 17.1. The number of carbonyl (C=O) groups is 1. The maximum Gasteiger partial charge on any atom is 0.252 e. The van der Waals surface area contributed by atoms with Gasteiger partial charge in [-0.1, -0.05) is 106 Å². The van der Waals surface area contributed by atoms with E-state index in [1.807, 2.05) is 93.6 Å². The Bertz CT molecular complexity index is 1000. The standard InChI is InChI=1S/C26H26N2O/c1-26(2,3)25(29)28(24-16-8-5-9-17-24)27-20-23-15-11-10-14-22(23)19-18-21-12-6-4-7-13-21/h4-20H,1-3H3/b19-18-,27-20+. The molecule has 0 N–H and O–H groups in total. The van der Waals surface area contributed by atoms with E-state index in [1.54, 1.807) is 6.21 Å². The van der Waals surface area contributed by atoms with Crippen LogP contribution < -0.4 is 5.01 Å². The number of rotatable bonds is 5. The summed E-state index contributed by atoms with van der Waals surface area (Å²) in [5, 5.41) is 6.05. The maximum atomic E-state index is 13.0. The van der Waals surface area contributed by atoms with Crippen molar-refractivity contribution < 1.29 is 4.79 Å². The average molecular weight is 383 g/mol. The lowest BCUT2D eigenvalue weighted by Gasteiger charge is -2.25. The number of hydrazone groups is 1. The van der Waals surface area contributed by atoms with Crippen LogP contribution in [0.4, 0.5) is 5.69 Å². The molecular weight excluding hydrogens is 356 g/mol. The van der Waals surface area contributed by atoms with Crippen molar-refractivity contribution in [3.63, 3.8) is 0 Å². The first kappa shape index (κ1) is 20.3. The Balaban J connectivity index is 1.92. The third-order valence-corrected chi connectivity index (χ3v) is 4.40. The number of amides is 1. The van der Waals surface area contributed by atoms with Crippen LogP contribution in [0.2, 0.25) is 0 Å². The van der Waals surface area contributed by atoms with Gasteiger partial charge in [-0.2, -0.15) is 5.10 Å². The van der Waals surface area contributed by atoms with Crippen LogP contribution in [0.15, 0.2) is 90.0 Å². The predicted octanol–water partition coefficient (Wildman–Crippen LogP) is 6.27. The molecule has 29 heavy (non-hydrogen) atoms. The minimum absolute atomic E-state index is 0.0581.